The zero-order chi connectivity index (χ0) is 17.1. The predicted molar refractivity (Wildman–Crippen MR) is 93.6 cm³/mol. The molecule has 0 aliphatic carbocycles. The lowest BCUT2D eigenvalue weighted by Crippen LogP contribution is -2.38. The molecule has 1 unspecified atom stereocenters. The van der Waals surface area contributed by atoms with Gasteiger partial charge in [0.05, 0.1) is 30.3 Å². The Hall–Kier alpha value is -2.08. The molecule has 0 fully saturated rings. The zero-order valence-electron chi connectivity index (χ0n) is 14.2. The molecule has 1 atom stereocenters. The number of carbonyl (C=O) groups is 1. The number of amides is 1. The number of hydrogen-bond donors (Lipinski definition) is 0. The summed E-state index contributed by atoms with van der Waals surface area (Å²) in [6, 6.07) is 5.75. The predicted octanol–water partition coefficient (Wildman–Crippen LogP) is 2.92. The number of methoxy groups -OCH3 is 1. The molecule has 1 aliphatic heterocycles. The number of aryl methyl sites for hydroxylation is 1. The van der Waals surface area contributed by atoms with Crippen LogP contribution in [0, 0.1) is 5.92 Å². The van der Waals surface area contributed by atoms with E-state index in [1.807, 2.05) is 30.6 Å². The normalized spacial score (nSPS) is 16.2. The number of fused-ring (bicyclic) bond motifs is 1. The molecule has 5 nitrogen and oxygen atoms in total. The molecule has 24 heavy (non-hydrogen) atoms. The quantitative estimate of drug-likeness (QED) is 0.835. The zero-order valence-corrected chi connectivity index (χ0v) is 15.1. The van der Waals surface area contributed by atoms with Crippen molar-refractivity contribution in [3.05, 3.63) is 39.8 Å². The Morgan fingerprint density at radius 1 is 1.50 bits per heavy atom. The van der Waals surface area contributed by atoms with E-state index in [1.54, 1.807) is 23.3 Å². The fraction of sp³-hybridized carbons (Fsp3) is 0.444. The first-order valence-corrected chi connectivity index (χ1v) is 8.96. The van der Waals surface area contributed by atoms with Crippen LogP contribution in [0.4, 0.5) is 0 Å². The third-order valence-corrected chi connectivity index (χ3v) is 5.25. The van der Waals surface area contributed by atoms with Crippen LogP contribution in [-0.4, -0.2) is 36.6 Å². The minimum atomic E-state index is -0.153. The number of hydrogen-bond acceptors (Lipinski definition) is 5. The van der Waals surface area contributed by atoms with E-state index in [9.17, 15) is 4.79 Å². The van der Waals surface area contributed by atoms with E-state index in [-0.39, 0.29) is 11.8 Å². The van der Waals surface area contributed by atoms with Crippen molar-refractivity contribution >= 4 is 17.2 Å². The van der Waals surface area contributed by atoms with Gasteiger partial charge in [0, 0.05) is 18.5 Å². The smallest absolute Gasteiger partial charge is 0.229 e. The third kappa shape index (κ3) is 3.53. The highest BCUT2D eigenvalue weighted by atomic mass is 32.1. The lowest BCUT2D eigenvalue weighted by atomic mass is 9.95. The van der Waals surface area contributed by atoms with Gasteiger partial charge in [-0.05, 0) is 24.5 Å². The maximum absolute atomic E-state index is 12.7. The van der Waals surface area contributed by atoms with E-state index in [0.717, 1.165) is 34.2 Å². The van der Waals surface area contributed by atoms with Crippen molar-refractivity contribution < 1.29 is 14.3 Å². The Balaban J connectivity index is 1.64. The number of aromatic nitrogens is 1. The van der Waals surface area contributed by atoms with E-state index in [2.05, 4.69) is 11.9 Å². The van der Waals surface area contributed by atoms with Gasteiger partial charge in [-0.15, -0.1) is 11.3 Å². The molecule has 128 valence electrons. The number of rotatable bonds is 5. The van der Waals surface area contributed by atoms with Crippen molar-refractivity contribution in [2.45, 2.75) is 26.3 Å². The molecule has 0 saturated heterocycles. The van der Waals surface area contributed by atoms with Crippen LogP contribution in [-0.2, 0) is 24.2 Å². The summed E-state index contributed by atoms with van der Waals surface area (Å²) in [6.45, 7) is 3.03. The molecule has 1 aromatic carbocycles. The van der Waals surface area contributed by atoms with E-state index in [4.69, 9.17) is 9.47 Å². The summed E-state index contributed by atoms with van der Waals surface area (Å²) in [7, 11) is 3.46. The van der Waals surface area contributed by atoms with Crippen molar-refractivity contribution in [1.82, 2.24) is 9.88 Å². The SMILES string of the molecule is CCc1nc(CN(C)C(=O)C2COc3cc(OC)ccc3C2)cs1. The van der Waals surface area contributed by atoms with Gasteiger partial charge in [-0.25, -0.2) is 4.98 Å². The fourth-order valence-corrected chi connectivity index (χ4v) is 3.59. The number of nitrogens with zero attached hydrogens (tertiary/aromatic N) is 2. The summed E-state index contributed by atoms with van der Waals surface area (Å²) in [5.74, 6) is 1.53. The van der Waals surface area contributed by atoms with Gasteiger partial charge >= 0.3 is 0 Å². The Kier molecular flexibility index (Phi) is 5.04. The fourth-order valence-electron chi connectivity index (χ4n) is 2.85. The van der Waals surface area contributed by atoms with Crippen molar-refractivity contribution in [3.8, 4) is 11.5 Å². The van der Waals surface area contributed by atoms with Gasteiger partial charge in [-0.2, -0.15) is 0 Å². The molecule has 2 heterocycles. The Labute approximate surface area is 146 Å². The standard InChI is InChI=1S/C18H22N2O3S/c1-4-17-19-14(11-24-17)9-20(2)18(21)13-7-12-5-6-15(22-3)8-16(12)23-10-13/h5-6,8,11,13H,4,7,9-10H2,1-3H3. The summed E-state index contributed by atoms with van der Waals surface area (Å²) in [5, 5.41) is 3.14. The van der Waals surface area contributed by atoms with Crippen molar-refractivity contribution in [1.29, 1.82) is 0 Å². The first kappa shape index (κ1) is 16.8. The average Bonchev–Trinajstić information content (AvgIpc) is 3.07. The summed E-state index contributed by atoms with van der Waals surface area (Å²) in [4.78, 5) is 19.0. The highest BCUT2D eigenvalue weighted by Crippen LogP contribution is 2.31. The summed E-state index contributed by atoms with van der Waals surface area (Å²) in [5.41, 5.74) is 2.00. The topological polar surface area (TPSA) is 51.7 Å². The van der Waals surface area contributed by atoms with Crippen LogP contribution < -0.4 is 9.47 Å². The van der Waals surface area contributed by atoms with E-state index in [1.165, 1.54) is 0 Å². The van der Waals surface area contributed by atoms with Crippen molar-refractivity contribution in [2.75, 3.05) is 20.8 Å². The molecule has 3 rings (SSSR count). The number of carbonyl (C=O) groups excluding carboxylic acids is 1. The number of benzene rings is 1. The molecule has 0 spiro atoms. The van der Waals surface area contributed by atoms with Crippen molar-refractivity contribution in [3.63, 3.8) is 0 Å². The van der Waals surface area contributed by atoms with Crippen LogP contribution in [0.2, 0.25) is 0 Å². The number of ether oxygens (including phenoxy) is 2. The second kappa shape index (κ2) is 7.21. The average molecular weight is 346 g/mol. The molecular weight excluding hydrogens is 324 g/mol. The van der Waals surface area contributed by atoms with E-state index < -0.39 is 0 Å². The first-order chi connectivity index (χ1) is 11.6. The van der Waals surface area contributed by atoms with Gasteiger partial charge in [0.25, 0.3) is 0 Å². The molecule has 6 heteroatoms. The Morgan fingerprint density at radius 2 is 2.33 bits per heavy atom. The highest BCUT2D eigenvalue weighted by Gasteiger charge is 2.28. The summed E-state index contributed by atoms with van der Waals surface area (Å²) in [6.07, 6.45) is 1.62. The second-order valence-corrected chi connectivity index (χ2v) is 6.91. The van der Waals surface area contributed by atoms with Crippen LogP contribution in [0.1, 0.15) is 23.2 Å². The van der Waals surface area contributed by atoms with Gasteiger partial charge in [0.1, 0.15) is 18.1 Å². The first-order valence-electron chi connectivity index (χ1n) is 8.08. The van der Waals surface area contributed by atoms with Gasteiger partial charge in [0.2, 0.25) is 5.91 Å². The summed E-state index contributed by atoms with van der Waals surface area (Å²) < 4.78 is 11.0. The Morgan fingerprint density at radius 3 is 3.04 bits per heavy atom. The second-order valence-electron chi connectivity index (χ2n) is 5.97. The minimum absolute atomic E-state index is 0.0996. The molecule has 1 aromatic heterocycles. The van der Waals surface area contributed by atoms with Crippen LogP contribution in [0.5, 0.6) is 11.5 Å². The third-order valence-electron chi connectivity index (χ3n) is 4.21. The number of thiazole rings is 1. The lowest BCUT2D eigenvalue weighted by Gasteiger charge is -2.28. The van der Waals surface area contributed by atoms with E-state index >= 15 is 0 Å². The van der Waals surface area contributed by atoms with E-state index in [0.29, 0.717) is 19.6 Å². The molecule has 1 amide bonds. The van der Waals surface area contributed by atoms with Gasteiger partial charge in [-0.3, -0.25) is 4.79 Å². The van der Waals surface area contributed by atoms with Gasteiger partial charge in [-0.1, -0.05) is 13.0 Å². The summed E-state index contributed by atoms with van der Waals surface area (Å²) >= 11 is 1.65. The molecule has 0 bridgehead atoms. The van der Waals surface area contributed by atoms with Crippen molar-refractivity contribution in [2.24, 2.45) is 5.92 Å². The van der Waals surface area contributed by atoms with Gasteiger partial charge in [0.15, 0.2) is 0 Å². The van der Waals surface area contributed by atoms with Crippen LogP contribution in [0.15, 0.2) is 23.6 Å². The molecule has 0 radical (unpaired) electrons. The molecule has 0 N–H and O–H groups in total. The van der Waals surface area contributed by atoms with Gasteiger partial charge < -0.3 is 14.4 Å². The highest BCUT2D eigenvalue weighted by molar-refractivity contribution is 7.09. The largest absolute Gasteiger partial charge is 0.497 e. The van der Waals surface area contributed by atoms with Crippen LogP contribution in [0.25, 0.3) is 0 Å². The molecular formula is C18H22N2O3S. The lowest BCUT2D eigenvalue weighted by molar-refractivity contribution is -0.136. The molecule has 1 aliphatic rings. The molecule has 2 aromatic rings. The molecule has 0 saturated carbocycles. The monoisotopic (exact) mass is 346 g/mol. The minimum Gasteiger partial charge on any atom is -0.497 e. The van der Waals surface area contributed by atoms with Crippen LogP contribution in [0.3, 0.4) is 0 Å². The maximum atomic E-state index is 12.7. The Bertz CT molecular complexity index is 729. The maximum Gasteiger partial charge on any atom is 0.229 e. The van der Waals surface area contributed by atoms with Crippen LogP contribution >= 0.6 is 11.3 Å².